The van der Waals surface area contributed by atoms with Crippen molar-refractivity contribution >= 4 is 57.4 Å². The van der Waals surface area contributed by atoms with Crippen LogP contribution in [-0.4, -0.2) is 54.6 Å². The van der Waals surface area contributed by atoms with Crippen molar-refractivity contribution in [1.82, 2.24) is 10.2 Å². The third kappa shape index (κ3) is 5.52. The van der Waals surface area contributed by atoms with Gasteiger partial charge in [0.15, 0.2) is 0 Å². The highest BCUT2D eigenvalue weighted by Gasteiger charge is 2.28. The molecule has 178 valence electrons. The monoisotopic (exact) mass is 574 g/mol. The van der Waals surface area contributed by atoms with Crippen LogP contribution in [0.15, 0.2) is 48.7 Å². The minimum atomic E-state index is -0.499. The maximum Gasteiger partial charge on any atom is 0.410 e. The van der Waals surface area contributed by atoms with Gasteiger partial charge in [-0.2, -0.15) is 0 Å². The number of anilines is 2. The number of carbonyl (C=O) groups is 3. The molecule has 4 rings (SSSR count). The Balaban J connectivity index is 1.40. The van der Waals surface area contributed by atoms with Crippen molar-refractivity contribution in [2.45, 2.75) is 26.4 Å². The number of fused-ring (bicyclic) bond motifs is 1. The molecule has 1 saturated heterocycles. The van der Waals surface area contributed by atoms with E-state index in [0.29, 0.717) is 29.8 Å². The van der Waals surface area contributed by atoms with Crippen molar-refractivity contribution in [3.8, 4) is 0 Å². The van der Waals surface area contributed by atoms with Crippen LogP contribution in [0.5, 0.6) is 0 Å². The molecule has 9 heteroatoms. The number of halogens is 1. The first kappa shape index (κ1) is 24.1. The predicted molar refractivity (Wildman–Crippen MR) is 140 cm³/mol. The van der Waals surface area contributed by atoms with Crippen LogP contribution in [0.3, 0.4) is 0 Å². The molecule has 0 spiro atoms. The fraction of sp³-hybridized carbons (Fsp3) is 0.320. The molecule has 2 aliphatic heterocycles. The van der Waals surface area contributed by atoms with E-state index >= 15 is 0 Å². The number of imide groups is 1. The standard InChI is InChI=1S/C25H27IN4O4/c1-25(2,3)34-24(33)30-12-10-29(11-13-30)18-7-5-17(6-8-18)27-15-21-20-14-16(26)4-9-19(20)22(31)28-23(21)32/h4-9,14-15,27H,10-13H2,1-3H3,(H,28,31,32). The van der Waals surface area contributed by atoms with Crippen LogP contribution in [0.1, 0.15) is 36.7 Å². The fourth-order valence-electron chi connectivity index (χ4n) is 3.84. The summed E-state index contributed by atoms with van der Waals surface area (Å²) in [6.45, 7) is 8.25. The minimum Gasteiger partial charge on any atom is -0.444 e. The molecule has 0 atom stereocenters. The van der Waals surface area contributed by atoms with Crippen molar-refractivity contribution in [1.29, 1.82) is 0 Å². The van der Waals surface area contributed by atoms with Gasteiger partial charge in [0.1, 0.15) is 5.60 Å². The molecule has 8 nitrogen and oxygen atoms in total. The minimum absolute atomic E-state index is 0.274. The Bertz CT molecular complexity index is 1150. The smallest absolute Gasteiger partial charge is 0.410 e. The Morgan fingerprint density at radius 1 is 1.00 bits per heavy atom. The predicted octanol–water partition coefficient (Wildman–Crippen LogP) is 4.07. The second-order valence-electron chi connectivity index (χ2n) is 9.18. The van der Waals surface area contributed by atoms with Gasteiger partial charge in [0, 0.05) is 58.5 Å². The van der Waals surface area contributed by atoms with Gasteiger partial charge in [-0.05, 0) is 85.8 Å². The van der Waals surface area contributed by atoms with Gasteiger partial charge in [-0.15, -0.1) is 0 Å². The summed E-state index contributed by atoms with van der Waals surface area (Å²) in [7, 11) is 0. The highest BCUT2D eigenvalue weighted by molar-refractivity contribution is 14.1. The van der Waals surface area contributed by atoms with Crippen molar-refractivity contribution < 1.29 is 19.1 Å². The van der Waals surface area contributed by atoms with Crippen molar-refractivity contribution in [2.75, 3.05) is 36.4 Å². The lowest BCUT2D eigenvalue weighted by Gasteiger charge is -2.36. The molecule has 2 N–H and O–H groups in total. The number of benzene rings is 2. The quantitative estimate of drug-likeness (QED) is 0.327. The van der Waals surface area contributed by atoms with E-state index < -0.39 is 11.5 Å². The summed E-state index contributed by atoms with van der Waals surface area (Å²) in [5.41, 5.74) is 2.89. The number of hydrogen-bond acceptors (Lipinski definition) is 6. The molecule has 2 aliphatic rings. The SMILES string of the molecule is CC(C)(C)OC(=O)N1CCN(c2ccc(NC=C3C(=O)NC(=O)c4ccc(I)cc43)cc2)CC1. The zero-order valence-corrected chi connectivity index (χ0v) is 21.5. The summed E-state index contributed by atoms with van der Waals surface area (Å²) in [5, 5.41) is 5.55. The molecule has 3 amide bonds. The van der Waals surface area contributed by atoms with Gasteiger partial charge in [0.25, 0.3) is 11.8 Å². The lowest BCUT2D eigenvalue weighted by molar-refractivity contribution is -0.114. The number of piperazine rings is 1. The summed E-state index contributed by atoms with van der Waals surface area (Å²) in [5.74, 6) is -0.809. The lowest BCUT2D eigenvalue weighted by Crippen LogP contribution is -2.50. The van der Waals surface area contributed by atoms with E-state index in [1.165, 1.54) is 0 Å². The van der Waals surface area contributed by atoms with E-state index in [9.17, 15) is 14.4 Å². The second-order valence-corrected chi connectivity index (χ2v) is 10.4. The van der Waals surface area contributed by atoms with E-state index in [-0.39, 0.29) is 12.0 Å². The summed E-state index contributed by atoms with van der Waals surface area (Å²) in [6.07, 6.45) is 1.36. The molecular formula is C25H27IN4O4. The van der Waals surface area contributed by atoms with Crippen molar-refractivity contribution in [3.05, 3.63) is 63.4 Å². The first-order valence-electron chi connectivity index (χ1n) is 11.1. The van der Waals surface area contributed by atoms with Crippen LogP contribution < -0.4 is 15.5 Å². The number of nitrogens with zero attached hydrogens (tertiary/aromatic N) is 2. The Labute approximate surface area is 212 Å². The average Bonchev–Trinajstić information content (AvgIpc) is 2.78. The van der Waals surface area contributed by atoms with E-state index in [1.54, 1.807) is 17.2 Å². The van der Waals surface area contributed by atoms with Gasteiger partial charge in [-0.25, -0.2) is 4.79 Å². The molecule has 2 aromatic rings. The van der Waals surface area contributed by atoms with E-state index in [0.717, 1.165) is 28.0 Å². The second kappa shape index (κ2) is 9.65. The molecule has 0 aliphatic carbocycles. The number of carbonyl (C=O) groups excluding carboxylic acids is 3. The largest absolute Gasteiger partial charge is 0.444 e. The number of ether oxygens (including phenoxy) is 1. The first-order chi connectivity index (χ1) is 16.1. The van der Waals surface area contributed by atoms with Crippen molar-refractivity contribution in [2.24, 2.45) is 0 Å². The number of rotatable bonds is 3. The molecule has 34 heavy (non-hydrogen) atoms. The van der Waals surface area contributed by atoms with Crippen LogP contribution in [0.4, 0.5) is 16.2 Å². The maximum absolute atomic E-state index is 12.4. The summed E-state index contributed by atoms with van der Waals surface area (Å²) in [4.78, 5) is 40.8. The molecule has 2 aromatic carbocycles. The van der Waals surface area contributed by atoms with Gasteiger partial charge >= 0.3 is 6.09 Å². The first-order valence-corrected chi connectivity index (χ1v) is 12.1. The molecule has 1 fully saturated rings. The zero-order chi connectivity index (χ0) is 24.5. The van der Waals surface area contributed by atoms with Crippen LogP contribution in [-0.2, 0) is 9.53 Å². The third-order valence-electron chi connectivity index (χ3n) is 5.54. The Morgan fingerprint density at radius 3 is 2.32 bits per heavy atom. The fourth-order valence-corrected chi connectivity index (χ4v) is 4.33. The molecule has 2 heterocycles. The summed E-state index contributed by atoms with van der Waals surface area (Å²) in [6, 6.07) is 13.3. The van der Waals surface area contributed by atoms with Crippen LogP contribution >= 0.6 is 22.6 Å². The van der Waals surface area contributed by atoms with E-state index in [2.05, 4.69) is 38.1 Å². The highest BCUT2D eigenvalue weighted by atomic mass is 127. The Morgan fingerprint density at radius 2 is 1.68 bits per heavy atom. The van der Waals surface area contributed by atoms with Gasteiger partial charge in [-0.1, -0.05) is 0 Å². The van der Waals surface area contributed by atoms with Crippen molar-refractivity contribution in [3.63, 3.8) is 0 Å². The normalized spacial score (nSPS) is 17.4. The molecule has 0 bridgehead atoms. The lowest BCUT2D eigenvalue weighted by atomic mass is 9.95. The highest BCUT2D eigenvalue weighted by Crippen LogP contribution is 2.27. The molecule has 0 saturated carbocycles. The van der Waals surface area contributed by atoms with E-state index in [4.69, 9.17) is 4.74 Å². The van der Waals surface area contributed by atoms with Crippen LogP contribution in [0.25, 0.3) is 5.57 Å². The third-order valence-corrected chi connectivity index (χ3v) is 6.21. The molecular weight excluding hydrogens is 547 g/mol. The average molecular weight is 574 g/mol. The zero-order valence-electron chi connectivity index (χ0n) is 19.4. The van der Waals surface area contributed by atoms with Crippen LogP contribution in [0.2, 0.25) is 0 Å². The van der Waals surface area contributed by atoms with Gasteiger partial charge in [-0.3, -0.25) is 14.9 Å². The van der Waals surface area contributed by atoms with Gasteiger partial charge < -0.3 is 19.9 Å². The maximum atomic E-state index is 12.4. The van der Waals surface area contributed by atoms with Crippen LogP contribution in [0, 0.1) is 3.57 Å². The number of amides is 3. The molecule has 0 radical (unpaired) electrons. The summed E-state index contributed by atoms with van der Waals surface area (Å²) >= 11 is 2.16. The Kier molecular flexibility index (Phi) is 6.83. The molecule has 0 unspecified atom stereocenters. The van der Waals surface area contributed by atoms with Gasteiger partial charge in [0.2, 0.25) is 0 Å². The number of nitrogens with one attached hydrogen (secondary N) is 2. The number of hydrogen-bond donors (Lipinski definition) is 2. The van der Waals surface area contributed by atoms with Gasteiger partial charge in [0.05, 0.1) is 5.57 Å². The van der Waals surface area contributed by atoms with E-state index in [1.807, 2.05) is 57.2 Å². The Hall–Kier alpha value is -3.08. The summed E-state index contributed by atoms with van der Waals surface area (Å²) < 4.78 is 6.41. The molecule has 0 aromatic heterocycles. The topological polar surface area (TPSA) is 91.0 Å².